The molecule has 1 aliphatic carbocycles. The standard InChI is InChI=1S/C16H13N3OS2/c1-19-13-5-4-10(15(20)12(13)8-17-19)7-11-9-22-16(18-11)14-3-2-6-21-14/h2-3,6-9H,4-5H2,1H3/b10-7+. The van der Waals surface area contributed by atoms with E-state index in [0.29, 0.717) is 0 Å². The minimum Gasteiger partial charge on any atom is -0.289 e. The fraction of sp³-hybridized carbons (Fsp3) is 0.188. The van der Waals surface area contributed by atoms with Gasteiger partial charge in [-0.05, 0) is 30.4 Å². The molecule has 22 heavy (non-hydrogen) atoms. The Morgan fingerprint density at radius 3 is 3.05 bits per heavy atom. The van der Waals surface area contributed by atoms with Crippen molar-refractivity contribution in [3.05, 3.63) is 51.6 Å². The Kier molecular flexibility index (Phi) is 3.28. The lowest BCUT2D eigenvalue weighted by Gasteiger charge is -2.14. The number of allylic oxidation sites excluding steroid dienone is 1. The summed E-state index contributed by atoms with van der Waals surface area (Å²) in [6.45, 7) is 0. The Balaban J connectivity index is 1.65. The summed E-state index contributed by atoms with van der Waals surface area (Å²) < 4.78 is 1.79. The second-order valence-corrected chi connectivity index (χ2v) is 6.99. The van der Waals surface area contributed by atoms with Crippen molar-refractivity contribution in [3.8, 4) is 9.88 Å². The summed E-state index contributed by atoms with van der Waals surface area (Å²) in [5.41, 5.74) is 3.45. The molecule has 0 spiro atoms. The first-order chi connectivity index (χ1) is 10.7. The van der Waals surface area contributed by atoms with Crippen LogP contribution in [0.5, 0.6) is 0 Å². The SMILES string of the molecule is Cn1ncc2c1CC/C(=C\c1csc(-c3cccs3)n1)C2=O. The Morgan fingerprint density at radius 2 is 2.23 bits per heavy atom. The highest BCUT2D eigenvalue weighted by Gasteiger charge is 2.25. The number of hydrogen-bond donors (Lipinski definition) is 0. The zero-order valence-corrected chi connectivity index (χ0v) is 13.6. The molecule has 3 aromatic heterocycles. The number of fused-ring (bicyclic) bond motifs is 1. The number of ketones is 1. The summed E-state index contributed by atoms with van der Waals surface area (Å²) in [4.78, 5) is 18.3. The van der Waals surface area contributed by atoms with Crippen LogP contribution in [0.2, 0.25) is 0 Å². The van der Waals surface area contributed by atoms with Crippen LogP contribution in [0.25, 0.3) is 16.0 Å². The maximum absolute atomic E-state index is 12.5. The highest BCUT2D eigenvalue weighted by molar-refractivity contribution is 7.20. The number of nitrogens with zero attached hydrogens (tertiary/aromatic N) is 3. The lowest BCUT2D eigenvalue weighted by atomic mass is 9.91. The van der Waals surface area contributed by atoms with Crippen LogP contribution in [0.1, 0.15) is 28.2 Å². The van der Waals surface area contributed by atoms with Crippen molar-refractivity contribution in [1.29, 1.82) is 0 Å². The van der Waals surface area contributed by atoms with E-state index in [1.807, 2.05) is 30.0 Å². The summed E-state index contributed by atoms with van der Waals surface area (Å²) in [5, 5.41) is 9.24. The molecule has 0 amide bonds. The fourth-order valence-electron chi connectivity index (χ4n) is 2.67. The molecule has 0 aromatic carbocycles. The van der Waals surface area contributed by atoms with Crippen molar-refractivity contribution in [2.24, 2.45) is 7.05 Å². The molecule has 0 N–H and O–H groups in total. The van der Waals surface area contributed by atoms with Crippen LogP contribution < -0.4 is 0 Å². The summed E-state index contributed by atoms with van der Waals surface area (Å²) in [6.07, 6.45) is 5.19. The Hall–Kier alpha value is -2.05. The molecule has 110 valence electrons. The maximum Gasteiger partial charge on any atom is 0.192 e. The number of aromatic nitrogens is 3. The van der Waals surface area contributed by atoms with E-state index < -0.39 is 0 Å². The lowest BCUT2D eigenvalue weighted by Crippen LogP contribution is -2.14. The fourth-order valence-corrected chi connectivity index (χ4v) is 4.26. The topological polar surface area (TPSA) is 47.8 Å². The zero-order chi connectivity index (χ0) is 15.1. The first kappa shape index (κ1) is 13.6. The molecule has 3 heterocycles. The van der Waals surface area contributed by atoms with Gasteiger partial charge in [0, 0.05) is 23.7 Å². The van der Waals surface area contributed by atoms with Gasteiger partial charge < -0.3 is 0 Å². The molecule has 0 unspecified atom stereocenters. The number of thiazole rings is 1. The van der Waals surface area contributed by atoms with Gasteiger partial charge in [0.05, 0.1) is 22.3 Å². The number of Topliss-reactive ketones (excluding diaryl/α,β-unsaturated/α-hetero) is 1. The van der Waals surface area contributed by atoms with Crippen LogP contribution in [-0.4, -0.2) is 20.5 Å². The molecule has 0 saturated heterocycles. The molecule has 0 saturated carbocycles. The average molecular weight is 327 g/mol. The van der Waals surface area contributed by atoms with Gasteiger partial charge in [0.1, 0.15) is 5.01 Å². The maximum atomic E-state index is 12.5. The van der Waals surface area contributed by atoms with Crippen molar-refractivity contribution in [1.82, 2.24) is 14.8 Å². The number of aryl methyl sites for hydroxylation is 1. The van der Waals surface area contributed by atoms with Crippen LogP contribution in [0.15, 0.2) is 34.7 Å². The van der Waals surface area contributed by atoms with Gasteiger partial charge in [0.2, 0.25) is 0 Å². The first-order valence-electron chi connectivity index (χ1n) is 6.98. The van der Waals surface area contributed by atoms with Gasteiger partial charge in [-0.3, -0.25) is 9.48 Å². The van der Waals surface area contributed by atoms with Gasteiger partial charge in [0.25, 0.3) is 0 Å². The molecule has 4 nitrogen and oxygen atoms in total. The monoisotopic (exact) mass is 327 g/mol. The Bertz CT molecular complexity index is 871. The zero-order valence-electron chi connectivity index (χ0n) is 11.9. The molecule has 3 aromatic rings. The Morgan fingerprint density at radius 1 is 1.32 bits per heavy atom. The third kappa shape index (κ3) is 2.24. The van der Waals surface area contributed by atoms with Gasteiger partial charge >= 0.3 is 0 Å². The van der Waals surface area contributed by atoms with Crippen molar-refractivity contribution < 1.29 is 4.79 Å². The van der Waals surface area contributed by atoms with E-state index in [2.05, 4.69) is 16.1 Å². The largest absolute Gasteiger partial charge is 0.289 e. The van der Waals surface area contributed by atoms with Crippen LogP contribution in [-0.2, 0) is 13.5 Å². The molecule has 6 heteroatoms. The molecular formula is C16H13N3OS2. The number of hydrogen-bond acceptors (Lipinski definition) is 5. The quantitative estimate of drug-likeness (QED) is 0.672. The summed E-state index contributed by atoms with van der Waals surface area (Å²) in [7, 11) is 1.88. The van der Waals surface area contributed by atoms with E-state index in [0.717, 1.165) is 40.4 Å². The normalized spacial score (nSPS) is 16.2. The summed E-state index contributed by atoms with van der Waals surface area (Å²) >= 11 is 3.29. The third-order valence-electron chi connectivity index (χ3n) is 3.81. The van der Waals surface area contributed by atoms with E-state index in [-0.39, 0.29) is 5.78 Å². The second-order valence-electron chi connectivity index (χ2n) is 5.18. The second kappa shape index (κ2) is 5.30. The van der Waals surface area contributed by atoms with E-state index in [9.17, 15) is 4.79 Å². The Labute approximate surface area is 135 Å². The van der Waals surface area contributed by atoms with Gasteiger partial charge in [-0.15, -0.1) is 22.7 Å². The number of thiophene rings is 1. The van der Waals surface area contributed by atoms with Crippen molar-refractivity contribution in [3.63, 3.8) is 0 Å². The van der Waals surface area contributed by atoms with Crippen LogP contribution in [0, 0.1) is 0 Å². The predicted molar refractivity (Wildman–Crippen MR) is 89.3 cm³/mol. The van der Waals surface area contributed by atoms with Crippen LogP contribution >= 0.6 is 22.7 Å². The molecule has 0 atom stereocenters. The van der Waals surface area contributed by atoms with Crippen molar-refractivity contribution >= 4 is 34.5 Å². The number of rotatable bonds is 2. The van der Waals surface area contributed by atoms with E-state index in [1.54, 1.807) is 33.6 Å². The third-order valence-corrected chi connectivity index (χ3v) is 5.70. The van der Waals surface area contributed by atoms with Crippen LogP contribution in [0.4, 0.5) is 0 Å². The first-order valence-corrected chi connectivity index (χ1v) is 8.74. The highest BCUT2D eigenvalue weighted by Crippen LogP contribution is 2.30. The van der Waals surface area contributed by atoms with Gasteiger partial charge in [-0.2, -0.15) is 5.10 Å². The lowest BCUT2D eigenvalue weighted by molar-refractivity contribution is 0.102. The molecule has 4 rings (SSSR count). The van der Waals surface area contributed by atoms with E-state index in [4.69, 9.17) is 0 Å². The van der Waals surface area contributed by atoms with Gasteiger partial charge in [-0.1, -0.05) is 6.07 Å². The highest BCUT2D eigenvalue weighted by atomic mass is 32.1. The molecule has 0 fully saturated rings. The van der Waals surface area contributed by atoms with E-state index in [1.165, 1.54) is 4.88 Å². The van der Waals surface area contributed by atoms with E-state index >= 15 is 0 Å². The van der Waals surface area contributed by atoms with Crippen molar-refractivity contribution in [2.75, 3.05) is 0 Å². The summed E-state index contributed by atoms with van der Waals surface area (Å²) in [6, 6.07) is 4.09. The number of carbonyl (C=O) groups is 1. The predicted octanol–water partition coefficient (Wildman–Crippen LogP) is 3.82. The number of carbonyl (C=O) groups excluding carboxylic acids is 1. The molecule has 0 bridgehead atoms. The molecular weight excluding hydrogens is 314 g/mol. The molecule has 1 aliphatic rings. The van der Waals surface area contributed by atoms with Gasteiger partial charge in [0.15, 0.2) is 5.78 Å². The van der Waals surface area contributed by atoms with Crippen LogP contribution in [0.3, 0.4) is 0 Å². The minimum atomic E-state index is 0.0834. The molecule has 0 radical (unpaired) electrons. The smallest absolute Gasteiger partial charge is 0.192 e. The average Bonchev–Trinajstić information content (AvgIpc) is 3.23. The summed E-state index contributed by atoms with van der Waals surface area (Å²) in [5.74, 6) is 0.0834. The van der Waals surface area contributed by atoms with Gasteiger partial charge in [-0.25, -0.2) is 4.98 Å². The molecule has 0 aliphatic heterocycles. The van der Waals surface area contributed by atoms with Crippen molar-refractivity contribution in [2.45, 2.75) is 12.8 Å². The minimum absolute atomic E-state index is 0.0834.